The average Bonchev–Trinajstić information content (AvgIpc) is 2.74. The molecular formula is C25H38N2O3. The second-order valence-corrected chi connectivity index (χ2v) is 9.95. The summed E-state index contributed by atoms with van der Waals surface area (Å²) in [4.78, 5) is 27.1. The predicted octanol–water partition coefficient (Wildman–Crippen LogP) is 5.46. The first-order valence-electron chi connectivity index (χ1n) is 11.6. The largest absolute Gasteiger partial charge is 0.444 e. The van der Waals surface area contributed by atoms with Gasteiger partial charge in [-0.2, -0.15) is 0 Å². The van der Waals surface area contributed by atoms with Gasteiger partial charge in [0.25, 0.3) is 0 Å². The second-order valence-electron chi connectivity index (χ2n) is 9.95. The summed E-state index contributed by atoms with van der Waals surface area (Å²) in [5.41, 5.74) is 0.715. The van der Waals surface area contributed by atoms with E-state index in [4.69, 9.17) is 4.74 Å². The van der Waals surface area contributed by atoms with Crippen LogP contribution in [0.15, 0.2) is 30.3 Å². The number of nitrogens with one attached hydrogen (secondary N) is 1. The molecule has 2 amide bonds. The van der Waals surface area contributed by atoms with Gasteiger partial charge >= 0.3 is 6.09 Å². The molecule has 1 saturated carbocycles. The van der Waals surface area contributed by atoms with Crippen molar-refractivity contribution in [3.63, 3.8) is 0 Å². The van der Waals surface area contributed by atoms with E-state index in [0.29, 0.717) is 5.92 Å². The number of hydrogen-bond acceptors (Lipinski definition) is 3. The summed E-state index contributed by atoms with van der Waals surface area (Å²) < 4.78 is 5.51. The number of carbonyl (C=O) groups excluding carboxylic acids is 2. The Bertz CT molecular complexity index is 684. The summed E-state index contributed by atoms with van der Waals surface area (Å²) in [6.45, 7) is 7.14. The van der Waals surface area contributed by atoms with E-state index in [0.717, 1.165) is 58.0 Å². The molecular weight excluding hydrogens is 376 g/mol. The van der Waals surface area contributed by atoms with Gasteiger partial charge in [-0.25, -0.2) is 4.79 Å². The van der Waals surface area contributed by atoms with Crippen molar-refractivity contribution in [2.45, 2.75) is 83.8 Å². The maximum absolute atomic E-state index is 12.9. The fourth-order valence-electron chi connectivity index (χ4n) is 4.63. The summed E-state index contributed by atoms with van der Waals surface area (Å²) >= 11 is 0. The zero-order chi connectivity index (χ0) is 21.6. The lowest BCUT2D eigenvalue weighted by Crippen LogP contribution is -2.42. The van der Waals surface area contributed by atoms with Crippen LogP contribution in [0.3, 0.4) is 0 Å². The van der Waals surface area contributed by atoms with E-state index in [1.807, 2.05) is 43.9 Å². The first kappa shape index (κ1) is 22.6. The van der Waals surface area contributed by atoms with Gasteiger partial charge in [0.15, 0.2) is 0 Å². The molecule has 166 valence electrons. The fourth-order valence-corrected chi connectivity index (χ4v) is 4.63. The van der Waals surface area contributed by atoms with E-state index < -0.39 is 5.60 Å². The predicted molar refractivity (Wildman–Crippen MR) is 119 cm³/mol. The lowest BCUT2D eigenvalue weighted by molar-refractivity contribution is -0.126. The van der Waals surface area contributed by atoms with Crippen LogP contribution >= 0.6 is 0 Å². The van der Waals surface area contributed by atoms with Gasteiger partial charge in [0.05, 0.1) is 6.04 Å². The SMILES string of the molecule is CC(C)(C)OC(=O)N1CCC(CC(NC(=O)C2CCCCC2)c2ccccc2)CC1. The molecule has 1 aliphatic carbocycles. The molecule has 1 saturated heterocycles. The number of amides is 2. The summed E-state index contributed by atoms with van der Waals surface area (Å²) in [5, 5.41) is 3.37. The normalized spacial score (nSPS) is 19.9. The Balaban J connectivity index is 1.57. The van der Waals surface area contributed by atoms with Crippen molar-refractivity contribution in [3.8, 4) is 0 Å². The van der Waals surface area contributed by atoms with E-state index in [-0.39, 0.29) is 24.0 Å². The van der Waals surface area contributed by atoms with E-state index in [2.05, 4.69) is 17.4 Å². The van der Waals surface area contributed by atoms with E-state index in [1.165, 1.54) is 12.0 Å². The van der Waals surface area contributed by atoms with Crippen molar-refractivity contribution in [2.75, 3.05) is 13.1 Å². The quantitative estimate of drug-likeness (QED) is 0.696. The Labute approximate surface area is 181 Å². The smallest absolute Gasteiger partial charge is 0.410 e. The lowest BCUT2D eigenvalue weighted by atomic mass is 9.86. The van der Waals surface area contributed by atoms with Crippen molar-refractivity contribution in [1.29, 1.82) is 0 Å². The molecule has 1 unspecified atom stereocenters. The molecule has 30 heavy (non-hydrogen) atoms. The van der Waals surface area contributed by atoms with Gasteiger partial charge in [-0.1, -0.05) is 49.6 Å². The molecule has 3 rings (SSSR count). The van der Waals surface area contributed by atoms with Crippen molar-refractivity contribution < 1.29 is 14.3 Å². The van der Waals surface area contributed by atoms with E-state index >= 15 is 0 Å². The standard InChI is InChI=1S/C25H38N2O3/c1-25(2,3)30-24(29)27-16-14-19(15-17-27)18-22(20-10-6-4-7-11-20)26-23(28)21-12-8-5-9-13-21/h4,6-7,10-11,19,21-22H,5,8-9,12-18H2,1-3H3,(H,26,28). The number of hydrogen-bond donors (Lipinski definition) is 1. The molecule has 0 spiro atoms. The highest BCUT2D eigenvalue weighted by Crippen LogP contribution is 2.31. The molecule has 0 bridgehead atoms. The van der Waals surface area contributed by atoms with Gasteiger partial charge in [0, 0.05) is 19.0 Å². The number of benzene rings is 1. The summed E-state index contributed by atoms with van der Waals surface area (Å²) in [6.07, 6.45) is 8.21. The minimum Gasteiger partial charge on any atom is -0.444 e. The first-order valence-corrected chi connectivity index (χ1v) is 11.6. The molecule has 1 aromatic carbocycles. The van der Waals surface area contributed by atoms with Crippen molar-refractivity contribution in [2.24, 2.45) is 11.8 Å². The summed E-state index contributed by atoms with van der Waals surface area (Å²) in [7, 11) is 0. The van der Waals surface area contributed by atoms with Gasteiger partial charge in [-0.15, -0.1) is 0 Å². The van der Waals surface area contributed by atoms with Crippen LogP contribution in [0.25, 0.3) is 0 Å². The molecule has 2 fully saturated rings. The number of piperidine rings is 1. The molecule has 1 aromatic rings. The van der Waals surface area contributed by atoms with Crippen LogP contribution in [-0.4, -0.2) is 35.6 Å². The third kappa shape index (κ3) is 6.75. The van der Waals surface area contributed by atoms with Gasteiger partial charge in [0.2, 0.25) is 5.91 Å². The molecule has 0 aromatic heterocycles. The molecule has 5 heteroatoms. The lowest BCUT2D eigenvalue weighted by Gasteiger charge is -2.35. The Kier molecular flexibility index (Phi) is 7.79. The zero-order valence-electron chi connectivity index (χ0n) is 18.9. The maximum Gasteiger partial charge on any atom is 0.410 e. The second kappa shape index (κ2) is 10.3. The van der Waals surface area contributed by atoms with Crippen LogP contribution in [0.2, 0.25) is 0 Å². The van der Waals surface area contributed by atoms with Crippen LogP contribution in [0.1, 0.15) is 83.7 Å². The first-order chi connectivity index (χ1) is 14.3. The monoisotopic (exact) mass is 414 g/mol. The molecule has 1 aliphatic heterocycles. The fraction of sp³-hybridized carbons (Fsp3) is 0.680. The maximum atomic E-state index is 12.9. The number of carbonyl (C=O) groups is 2. The summed E-state index contributed by atoms with van der Waals surface area (Å²) in [5.74, 6) is 0.870. The van der Waals surface area contributed by atoms with Crippen LogP contribution < -0.4 is 5.32 Å². The van der Waals surface area contributed by atoms with Crippen molar-refractivity contribution in [3.05, 3.63) is 35.9 Å². The van der Waals surface area contributed by atoms with Crippen molar-refractivity contribution >= 4 is 12.0 Å². The number of rotatable bonds is 5. The highest BCUT2D eigenvalue weighted by molar-refractivity contribution is 5.79. The number of ether oxygens (including phenoxy) is 1. The topological polar surface area (TPSA) is 58.6 Å². The van der Waals surface area contributed by atoms with Crippen LogP contribution in [0.4, 0.5) is 4.79 Å². The highest BCUT2D eigenvalue weighted by atomic mass is 16.6. The Morgan fingerprint density at radius 2 is 1.67 bits per heavy atom. The molecule has 5 nitrogen and oxygen atoms in total. The minimum absolute atomic E-state index is 0.0405. The Hall–Kier alpha value is -2.04. The molecule has 1 atom stereocenters. The van der Waals surface area contributed by atoms with E-state index in [1.54, 1.807) is 0 Å². The Morgan fingerprint density at radius 3 is 2.27 bits per heavy atom. The summed E-state index contributed by atoms with van der Waals surface area (Å²) in [6, 6.07) is 10.4. The van der Waals surface area contributed by atoms with Gasteiger partial charge in [0.1, 0.15) is 5.60 Å². The average molecular weight is 415 g/mol. The Morgan fingerprint density at radius 1 is 1.03 bits per heavy atom. The third-order valence-electron chi connectivity index (χ3n) is 6.33. The highest BCUT2D eigenvalue weighted by Gasteiger charge is 2.30. The number of nitrogens with zero attached hydrogens (tertiary/aromatic N) is 1. The zero-order valence-corrected chi connectivity index (χ0v) is 18.9. The van der Waals surface area contributed by atoms with Crippen molar-refractivity contribution in [1.82, 2.24) is 10.2 Å². The van der Waals surface area contributed by atoms with Crippen LogP contribution in [0, 0.1) is 11.8 Å². The molecule has 1 N–H and O–H groups in total. The molecule has 1 heterocycles. The molecule has 2 aliphatic rings. The van der Waals surface area contributed by atoms with Crippen LogP contribution in [-0.2, 0) is 9.53 Å². The number of likely N-dealkylation sites (tertiary alicyclic amines) is 1. The van der Waals surface area contributed by atoms with Gasteiger partial charge in [-0.05, 0) is 64.4 Å². The van der Waals surface area contributed by atoms with Crippen LogP contribution in [0.5, 0.6) is 0 Å². The molecule has 0 radical (unpaired) electrons. The third-order valence-corrected chi connectivity index (χ3v) is 6.33. The van der Waals surface area contributed by atoms with E-state index in [9.17, 15) is 9.59 Å². The minimum atomic E-state index is -0.463. The van der Waals surface area contributed by atoms with Gasteiger partial charge in [-0.3, -0.25) is 4.79 Å². The van der Waals surface area contributed by atoms with Gasteiger partial charge < -0.3 is 15.0 Å².